The molecule has 0 heterocycles. The molecule has 0 spiro atoms. The number of halogens is 5. The van der Waals surface area contributed by atoms with Gasteiger partial charge in [-0.15, -0.1) is 0 Å². The van der Waals surface area contributed by atoms with Gasteiger partial charge in [0.25, 0.3) is 12.4 Å². The molecule has 1 amide bonds. The van der Waals surface area contributed by atoms with E-state index in [1.807, 2.05) is 5.32 Å². The maximum atomic E-state index is 13.5. The molecule has 0 bridgehead atoms. The fourth-order valence-electron chi connectivity index (χ4n) is 1.89. The maximum Gasteiger partial charge on any atom is 0.420 e. The summed E-state index contributed by atoms with van der Waals surface area (Å²) < 4.78 is 69.4. The SMILES string of the molecule is O=COc1c(C(=O)Nc2ccc(F)cc2F)cccc1C(F)(F)F. The number of carbonyl (C=O) groups is 2. The third-order valence-electron chi connectivity index (χ3n) is 2.91. The fourth-order valence-corrected chi connectivity index (χ4v) is 1.89. The molecule has 0 saturated heterocycles. The zero-order valence-corrected chi connectivity index (χ0v) is 11.7. The zero-order chi connectivity index (χ0) is 17.9. The van der Waals surface area contributed by atoms with Gasteiger partial charge in [0, 0.05) is 6.07 Å². The van der Waals surface area contributed by atoms with Crippen LogP contribution in [0.5, 0.6) is 5.75 Å². The molecule has 126 valence electrons. The van der Waals surface area contributed by atoms with Crippen LogP contribution in [-0.2, 0) is 11.0 Å². The predicted molar refractivity (Wildman–Crippen MR) is 72.4 cm³/mol. The first-order valence-electron chi connectivity index (χ1n) is 6.31. The summed E-state index contributed by atoms with van der Waals surface area (Å²) >= 11 is 0. The van der Waals surface area contributed by atoms with Crippen LogP contribution in [0.1, 0.15) is 15.9 Å². The van der Waals surface area contributed by atoms with Crippen LogP contribution in [0.4, 0.5) is 27.6 Å². The van der Waals surface area contributed by atoms with Crippen LogP contribution in [0.15, 0.2) is 36.4 Å². The summed E-state index contributed by atoms with van der Waals surface area (Å²) in [6.45, 7) is -0.264. The number of anilines is 1. The number of para-hydroxylation sites is 1. The van der Waals surface area contributed by atoms with E-state index in [-0.39, 0.29) is 6.47 Å². The molecular formula is C15H8F5NO3. The Labute approximate surface area is 131 Å². The quantitative estimate of drug-likeness (QED) is 0.678. The maximum absolute atomic E-state index is 13.5. The first kappa shape index (κ1) is 17.4. The third-order valence-corrected chi connectivity index (χ3v) is 2.91. The Morgan fingerprint density at radius 3 is 2.42 bits per heavy atom. The van der Waals surface area contributed by atoms with Crippen LogP contribution in [0.25, 0.3) is 0 Å². The molecule has 2 aromatic rings. The number of hydrogen-bond donors (Lipinski definition) is 1. The molecule has 0 unspecified atom stereocenters. The van der Waals surface area contributed by atoms with Crippen LogP contribution in [0.2, 0.25) is 0 Å². The van der Waals surface area contributed by atoms with Gasteiger partial charge in [-0.25, -0.2) is 8.78 Å². The summed E-state index contributed by atoms with van der Waals surface area (Å²) in [5, 5.41) is 1.99. The lowest BCUT2D eigenvalue weighted by Gasteiger charge is -2.14. The van der Waals surface area contributed by atoms with Crippen LogP contribution < -0.4 is 10.1 Å². The number of carbonyl (C=O) groups excluding carboxylic acids is 2. The second-order valence-corrected chi connectivity index (χ2v) is 4.47. The largest absolute Gasteiger partial charge is 0.427 e. The van der Waals surface area contributed by atoms with Crippen molar-refractivity contribution < 1.29 is 36.3 Å². The summed E-state index contributed by atoms with van der Waals surface area (Å²) in [4.78, 5) is 22.5. The molecule has 0 radical (unpaired) electrons. The second-order valence-electron chi connectivity index (χ2n) is 4.47. The van der Waals surface area contributed by atoms with Crippen molar-refractivity contribution in [2.75, 3.05) is 5.32 Å². The van der Waals surface area contributed by atoms with Gasteiger partial charge >= 0.3 is 6.18 Å². The average Bonchev–Trinajstić information content (AvgIpc) is 2.49. The number of benzene rings is 2. The van der Waals surface area contributed by atoms with E-state index in [1.54, 1.807) is 0 Å². The fraction of sp³-hybridized carbons (Fsp3) is 0.0667. The Balaban J connectivity index is 2.43. The molecule has 2 aromatic carbocycles. The lowest BCUT2D eigenvalue weighted by molar-refractivity contribution is -0.139. The smallest absolute Gasteiger partial charge is 0.420 e. The van der Waals surface area contributed by atoms with Crippen molar-refractivity contribution in [3.05, 3.63) is 59.2 Å². The zero-order valence-electron chi connectivity index (χ0n) is 11.7. The van der Waals surface area contributed by atoms with E-state index in [0.29, 0.717) is 12.1 Å². The monoisotopic (exact) mass is 345 g/mol. The highest BCUT2D eigenvalue weighted by Crippen LogP contribution is 2.38. The molecule has 0 aliphatic heterocycles. The topological polar surface area (TPSA) is 55.4 Å². The van der Waals surface area contributed by atoms with Gasteiger partial charge < -0.3 is 10.1 Å². The minimum absolute atomic E-state index is 0.264. The number of ether oxygens (including phenoxy) is 1. The van der Waals surface area contributed by atoms with E-state index in [0.717, 1.165) is 24.3 Å². The Morgan fingerprint density at radius 1 is 1.12 bits per heavy atom. The van der Waals surface area contributed by atoms with E-state index in [2.05, 4.69) is 4.74 Å². The number of alkyl halides is 3. The van der Waals surface area contributed by atoms with Gasteiger partial charge in [0.15, 0.2) is 5.75 Å². The molecular weight excluding hydrogens is 337 g/mol. The first-order valence-corrected chi connectivity index (χ1v) is 6.31. The molecule has 0 atom stereocenters. The number of nitrogens with one attached hydrogen (secondary N) is 1. The van der Waals surface area contributed by atoms with Gasteiger partial charge in [-0.2, -0.15) is 13.2 Å². The van der Waals surface area contributed by atoms with Crippen LogP contribution in [0, 0.1) is 11.6 Å². The highest BCUT2D eigenvalue weighted by Gasteiger charge is 2.36. The highest BCUT2D eigenvalue weighted by atomic mass is 19.4. The van der Waals surface area contributed by atoms with Crippen molar-refractivity contribution in [3.63, 3.8) is 0 Å². The highest BCUT2D eigenvalue weighted by molar-refractivity contribution is 6.06. The summed E-state index contributed by atoms with van der Waals surface area (Å²) in [5.74, 6) is -4.19. The Kier molecular flexibility index (Phi) is 4.82. The van der Waals surface area contributed by atoms with Gasteiger partial charge in [0.1, 0.15) is 11.6 Å². The van der Waals surface area contributed by atoms with Crippen molar-refractivity contribution in [2.24, 2.45) is 0 Å². The molecule has 0 aliphatic rings. The minimum Gasteiger partial charge on any atom is -0.427 e. The Morgan fingerprint density at radius 2 is 1.83 bits per heavy atom. The lowest BCUT2D eigenvalue weighted by atomic mass is 10.1. The third kappa shape index (κ3) is 3.67. The van der Waals surface area contributed by atoms with E-state index < -0.39 is 46.3 Å². The van der Waals surface area contributed by atoms with Crippen molar-refractivity contribution in [1.82, 2.24) is 0 Å². The van der Waals surface area contributed by atoms with Crippen molar-refractivity contribution >= 4 is 18.1 Å². The Bertz CT molecular complexity index is 789. The van der Waals surface area contributed by atoms with Gasteiger partial charge in [0.05, 0.1) is 16.8 Å². The van der Waals surface area contributed by atoms with Gasteiger partial charge in [-0.1, -0.05) is 6.07 Å². The molecule has 0 aliphatic carbocycles. The molecule has 0 aromatic heterocycles. The molecule has 0 saturated carbocycles. The summed E-state index contributed by atoms with van der Waals surface area (Å²) in [5.41, 5.74) is -2.43. The van der Waals surface area contributed by atoms with Crippen molar-refractivity contribution in [3.8, 4) is 5.75 Å². The van der Waals surface area contributed by atoms with Gasteiger partial charge in [-0.05, 0) is 24.3 Å². The standard InChI is InChI=1S/C15H8F5NO3/c16-8-4-5-12(11(17)6-8)21-14(23)9-2-1-3-10(15(18,19)20)13(9)24-7-22/h1-7H,(H,21,23). The molecule has 1 N–H and O–H groups in total. The first-order chi connectivity index (χ1) is 11.2. The van der Waals surface area contributed by atoms with E-state index >= 15 is 0 Å². The van der Waals surface area contributed by atoms with E-state index in [1.165, 1.54) is 0 Å². The van der Waals surface area contributed by atoms with Crippen LogP contribution in [0.3, 0.4) is 0 Å². The van der Waals surface area contributed by atoms with E-state index in [9.17, 15) is 31.5 Å². The predicted octanol–water partition coefficient (Wildman–Crippen LogP) is 3.77. The van der Waals surface area contributed by atoms with Gasteiger partial charge in [0.2, 0.25) is 0 Å². The summed E-state index contributed by atoms with van der Waals surface area (Å²) in [6.07, 6.45) is -4.88. The Hall–Kier alpha value is -2.97. The number of hydrogen-bond acceptors (Lipinski definition) is 3. The summed E-state index contributed by atoms with van der Waals surface area (Å²) in [6, 6.07) is 4.75. The van der Waals surface area contributed by atoms with Crippen molar-refractivity contribution in [1.29, 1.82) is 0 Å². The van der Waals surface area contributed by atoms with Crippen LogP contribution >= 0.6 is 0 Å². The van der Waals surface area contributed by atoms with Crippen LogP contribution in [-0.4, -0.2) is 12.4 Å². The average molecular weight is 345 g/mol. The molecule has 2 rings (SSSR count). The minimum atomic E-state index is -4.88. The second kappa shape index (κ2) is 6.65. The molecule has 9 heteroatoms. The summed E-state index contributed by atoms with van der Waals surface area (Å²) in [7, 11) is 0. The van der Waals surface area contributed by atoms with Crippen molar-refractivity contribution in [2.45, 2.75) is 6.18 Å². The molecule has 0 fully saturated rings. The number of rotatable bonds is 4. The van der Waals surface area contributed by atoms with Gasteiger partial charge in [-0.3, -0.25) is 9.59 Å². The van der Waals surface area contributed by atoms with E-state index in [4.69, 9.17) is 0 Å². The normalized spacial score (nSPS) is 11.0. The molecule has 4 nitrogen and oxygen atoms in total. The lowest BCUT2D eigenvalue weighted by Crippen LogP contribution is -2.17. The molecule has 24 heavy (non-hydrogen) atoms. The number of amides is 1.